The molecule has 10 aromatic rings. The molecule has 716 valence electrons. The maximum absolute atomic E-state index is 12.0. The highest BCUT2D eigenvalue weighted by Crippen LogP contribution is 2.41. The van der Waals surface area contributed by atoms with E-state index in [1.54, 1.807) is 27.7 Å². The van der Waals surface area contributed by atoms with Crippen molar-refractivity contribution in [1.29, 1.82) is 0 Å². The van der Waals surface area contributed by atoms with Crippen molar-refractivity contribution in [2.45, 2.75) is 259 Å². The van der Waals surface area contributed by atoms with E-state index >= 15 is 0 Å². The second kappa shape index (κ2) is 66.7. The summed E-state index contributed by atoms with van der Waals surface area (Å²) in [6.45, 7) is 69.0. The topological polar surface area (TPSA) is 179 Å². The molecule has 0 heterocycles. The quantitative estimate of drug-likeness (QED) is 0.0205. The fourth-order valence-electron chi connectivity index (χ4n) is 11.2. The lowest BCUT2D eigenvalue weighted by Crippen LogP contribution is -2.09. The number of halogens is 6. The summed E-state index contributed by atoms with van der Waals surface area (Å²) in [6, 6.07) is 53.8. The molecule has 0 aliphatic rings. The van der Waals surface area contributed by atoms with Crippen LogP contribution >= 0.6 is 95.6 Å². The molecule has 0 amide bonds. The number of ether oxygens (including phenoxy) is 12. The van der Waals surface area contributed by atoms with Gasteiger partial charge in [-0.05, 0) is 329 Å². The molecule has 0 aliphatic carbocycles. The van der Waals surface area contributed by atoms with Crippen LogP contribution in [0.4, 0.5) is 0 Å². The predicted molar refractivity (Wildman–Crippen MR) is 563 cm³/mol. The van der Waals surface area contributed by atoms with E-state index in [-0.39, 0.29) is 26.4 Å². The van der Waals surface area contributed by atoms with Crippen LogP contribution in [0.5, 0.6) is 46.0 Å². The molecule has 16 nitrogen and oxygen atoms in total. The van der Waals surface area contributed by atoms with Crippen molar-refractivity contribution in [3.8, 4) is 46.0 Å². The zero-order valence-corrected chi connectivity index (χ0v) is 91.8. The number of carbonyl (C=O) groups excluding carboxylic acids is 4. The van der Waals surface area contributed by atoms with Crippen LogP contribution in [0.1, 0.15) is 239 Å². The zero-order valence-electron chi connectivity index (χ0n) is 82.3. The standard InChI is InChI=1S/C50H48Br6O8.C44H42O8.8C2H6/c1-25(2)49(57)63-23-41-31(9)29(7)39(45(53)47(41)55)21-61-35-15-11-33(12-16-35)59-19-37-27(5)28(6)38(44(52)43(37)51)20-60-34-13-17-36(18-14-34)62-22-40-30(8)32(10)42(48(56)46(40)54)24-64-50(58)26(3)4;1-31(2)43(45)51-29-37-13-9-35(10-14-37)27-49-41-21-17-39(18-22-41)47-25-33-5-7-34(8-6-33)26-48-40-19-23-42(24-20-40)50-28-36-11-15-38(16-12-36)30-52-44(46)32(3)4;8*1-2/h11-18H,1,3,19-24H2,2,4-10H3;5-24H,1,3,25-30H2,2,4H3;8*1-2H3. The van der Waals surface area contributed by atoms with Crippen LogP contribution in [0.25, 0.3) is 0 Å². The average Bonchev–Trinajstić information content (AvgIpc) is 0.794. The van der Waals surface area contributed by atoms with Gasteiger partial charge in [0.05, 0.1) is 0 Å². The summed E-state index contributed by atoms with van der Waals surface area (Å²) in [5.41, 5.74) is 19.5. The fraction of sp³-hybridized carbons (Fsp3) is 0.345. The van der Waals surface area contributed by atoms with E-state index in [0.29, 0.717) is 98.1 Å². The number of esters is 4. The first-order chi connectivity index (χ1) is 63.4. The molecular weight excluding hydrogens is 2060 g/mol. The van der Waals surface area contributed by atoms with Gasteiger partial charge in [-0.2, -0.15) is 0 Å². The van der Waals surface area contributed by atoms with Gasteiger partial charge in [-0.25, -0.2) is 19.2 Å². The smallest absolute Gasteiger partial charge is 0.333 e. The summed E-state index contributed by atoms with van der Waals surface area (Å²) >= 11 is 22.4. The van der Waals surface area contributed by atoms with Crippen LogP contribution in [0, 0.1) is 41.5 Å². The highest BCUT2D eigenvalue weighted by Gasteiger charge is 2.23. The summed E-state index contributed by atoms with van der Waals surface area (Å²) in [5, 5.41) is 0. The molecule has 22 heteroatoms. The highest BCUT2D eigenvalue weighted by molar-refractivity contribution is 9.13. The molecule has 0 fully saturated rings. The number of rotatable bonds is 36. The first kappa shape index (κ1) is 120. The van der Waals surface area contributed by atoms with E-state index in [4.69, 9.17) is 56.8 Å². The van der Waals surface area contributed by atoms with Crippen LogP contribution in [0.3, 0.4) is 0 Å². The summed E-state index contributed by atoms with van der Waals surface area (Å²) < 4.78 is 75.1. The lowest BCUT2D eigenvalue weighted by molar-refractivity contribution is -0.141. The van der Waals surface area contributed by atoms with Gasteiger partial charge in [0, 0.05) is 82.5 Å². The Morgan fingerprint density at radius 1 is 0.197 bits per heavy atom. The molecule has 0 bridgehead atoms. The van der Waals surface area contributed by atoms with E-state index in [0.717, 1.165) is 150 Å². The number of benzene rings is 10. The molecule has 0 aromatic heterocycles. The Hall–Kier alpha value is -9.68. The van der Waals surface area contributed by atoms with Gasteiger partial charge in [-0.1, -0.05) is 210 Å². The van der Waals surface area contributed by atoms with Gasteiger partial charge in [0.15, 0.2) is 0 Å². The molecule has 0 saturated carbocycles. The Labute approximate surface area is 839 Å². The first-order valence-corrected chi connectivity index (χ1v) is 49.5. The van der Waals surface area contributed by atoms with Crippen molar-refractivity contribution in [1.82, 2.24) is 0 Å². The van der Waals surface area contributed by atoms with Gasteiger partial charge in [0.2, 0.25) is 0 Å². The van der Waals surface area contributed by atoms with Crippen LogP contribution in [0.15, 0.2) is 245 Å². The van der Waals surface area contributed by atoms with E-state index in [1.807, 2.05) is 308 Å². The monoisotopic (exact) mass is 2190 g/mol. The van der Waals surface area contributed by atoms with Crippen molar-refractivity contribution < 1.29 is 76.0 Å². The summed E-state index contributed by atoms with van der Waals surface area (Å²) in [5.74, 6) is 4.14. The van der Waals surface area contributed by atoms with Gasteiger partial charge >= 0.3 is 23.9 Å². The molecule has 0 unspecified atom stereocenters. The molecule has 0 saturated heterocycles. The van der Waals surface area contributed by atoms with Gasteiger partial charge in [0.1, 0.15) is 125 Å². The highest BCUT2D eigenvalue weighted by atomic mass is 79.9. The normalized spacial score (nSPS) is 9.82. The average molecular weight is 2200 g/mol. The Kier molecular flexibility index (Phi) is 60.8. The van der Waals surface area contributed by atoms with Crippen LogP contribution in [0.2, 0.25) is 0 Å². The third kappa shape index (κ3) is 39.5. The molecule has 10 rings (SSSR count). The first-order valence-electron chi connectivity index (χ1n) is 44.8. The van der Waals surface area contributed by atoms with Gasteiger partial charge < -0.3 is 56.8 Å². The summed E-state index contributed by atoms with van der Waals surface area (Å²) in [7, 11) is 0. The third-order valence-corrected chi connectivity index (χ3v) is 25.8. The maximum atomic E-state index is 12.0. The summed E-state index contributed by atoms with van der Waals surface area (Å²) in [4.78, 5) is 47.2. The van der Waals surface area contributed by atoms with Gasteiger partial charge in [0.25, 0.3) is 0 Å². The molecule has 0 atom stereocenters. The molecule has 0 spiro atoms. The maximum Gasteiger partial charge on any atom is 0.333 e. The minimum absolute atomic E-state index is 0.135. The fourth-order valence-corrected chi connectivity index (χ4v) is 15.2. The second-order valence-electron chi connectivity index (χ2n) is 27.6. The van der Waals surface area contributed by atoms with Crippen LogP contribution in [-0.4, -0.2) is 23.9 Å². The van der Waals surface area contributed by atoms with Crippen molar-refractivity contribution in [2.75, 3.05) is 0 Å². The zero-order chi connectivity index (χ0) is 99.9. The van der Waals surface area contributed by atoms with E-state index in [9.17, 15) is 19.2 Å². The third-order valence-electron chi connectivity index (χ3n) is 18.9. The molecule has 0 aliphatic heterocycles. The van der Waals surface area contributed by atoms with Crippen LogP contribution in [-0.2, 0) is 117 Å². The molecule has 132 heavy (non-hydrogen) atoms. The van der Waals surface area contributed by atoms with E-state index < -0.39 is 23.9 Å². The molecular formula is C110H138Br6O16. The van der Waals surface area contributed by atoms with Crippen molar-refractivity contribution >= 4 is 119 Å². The number of carbonyl (C=O) groups is 4. The van der Waals surface area contributed by atoms with Gasteiger partial charge in [-0.3, -0.25) is 0 Å². The van der Waals surface area contributed by atoms with Crippen LogP contribution < -0.4 is 37.9 Å². The minimum atomic E-state index is -0.426. The Bertz CT molecular complexity index is 4790. The van der Waals surface area contributed by atoms with Gasteiger partial charge in [-0.15, -0.1) is 0 Å². The van der Waals surface area contributed by atoms with Crippen molar-refractivity contribution in [3.63, 3.8) is 0 Å². The molecule has 0 N–H and O–H groups in total. The number of hydrogen-bond acceptors (Lipinski definition) is 16. The second-order valence-corrected chi connectivity index (χ2v) is 32.3. The van der Waals surface area contributed by atoms with E-state index in [2.05, 4.69) is 136 Å². The largest absolute Gasteiger partial charge is 0.489 e. The number of hydrogen-bond donors (Lipinski definition) is 0. The van der Waals surface area contributed by atoms with Crippen molar-refractivity contribution in [3.05, 3.63) is 345 Å². The lowest BCUT2D eigenvalue weighted by atomic mass is 9.98. The Morgan fingerprint density at radius 3 is 0.447 bits per heavy atom. The lowest BCUT2D eigenvalue weighted by Gasteiger charge is -2.20. The van der Waals surface area contributed by atoms with Crippen molar-refractivity contribution in [2.24, 2.45) is 0 Å². The minimum Gasteiger partial charge on any atom is -0.489 e. The predicted octanol–water partition coefficient (Wildman–Crippen LogP) is 33.1. The SMILES string of the molecule is C=C(C)C(=O)OCc1c(C)c(C)c(COc2ccc(OCc3c(C)c(C)c(COc4ccc(OCc5c(C)c(C)c(COC(=O)C(=C)C)c(Br)c5Br)cc4)c(Br)c3Br)cc2)c(Br)c1Br.C=C(C)C(=O)OCc1ccc(COc2ccc(OCc3ccc(COc4ccc(OCc5ccc(COC(=O)C(=C)C)cc5)cc4)cc3)cc2)cc1.CC.CC.CC.CC.CC.CC.CC.CC. The molecule has 0 radical (unpaired) electrons. The Balaban J connectivity index is 0.00000116. The summed E-state index contributed by atoms with van der Waals surface area (Å²) in [6.07, 6.45) is 0. The molecule has 10 aromatic carbocycles. The van der Waals surface area contributed by atoms with E-state index in [1.165, 1.54) is 0 Å². The Morgan fingerprint density at radius 2 is 0.311 bits per heavy atom.